The molecule has 6 nitrogen and oxygen atoms in total. The topological polar surface area (TPSA) is 81.8 Å². The summed E-state index contributed by atoms with van der Waals surface area (Å²) in [5.41, 5.74) is 0.689. The molecule has 0 aliphatic carbocycles. The van der Waals surface area contributed by atoms with Gasteiger partial charge in [-0.25, -0.2) is 4.98 Å². The van der Waals surface area contributed by atoms with Crippen LogP contribution in [0.5, 0.6) is 11.5 Å². The van der Waals surface area contributed by atoms with Crippen molar-refractivity contribution in [2.75, 3.05) is 14.2 Å². The molecule has 1 aromatic carbocycles. The molecule has 0 saturated heterocycles. The third-order valence-corrected chi connectivity index (χ3v) is 2.51. The standard InChI is InChI=1S/C13H13NO5/c1-17-10-4-3-8(5-11(10)18-2)13-14-7-9(19-13)6-12(15)16/h3-5,7H,6H2,1-2H3,(H,15,16). The van der Waals surface area contributed by atoms with Gasteiger partial charge in [-0.2, -0.15) is 0 Å². The van der Waals surface area contributed by atoms with E-state index in [1.54, 1.807) is 25.3 Å². The van der Waals surface area contributed by atoms with Crippen molar-refractivity contribution in [3.8, 4) is 23.0 Å². The Morgan fingerprint density at radius 3 is 2.68 bits per heavy atom. The molecule has 6 heteroatoms. The van der Waals surface area contributed by atoms with Crippen LogP contribution in [0.3, 0.4) is 0 Å². The Morgan fingerprint density at radius 1 is 1.32 bits per heavy atom. The quantitative estimate of drug-likeness (QED) is 0.888. The summed E-state index contributed by atoms with van der Waals surface area (Å²) in [5, 5.41) is 8.67. The van der Waals surface area contributed by atoms with Gasteiger partial charge < -0.3 is 19.0 Å². The molecule has 0 amide bonds. The van der Waals surface area contributed by atoms with E-state index in [1.807, 2.05) is 0 Å². The van der Waals surface area contributed by atoms with Gasteiger partial charge in [-0.05, 0) is 18.2 Å². The van der Waals surface area contributed by atoms with Crippen LogP contribution in [0.15, 0.2) is 28.8 Å². The van der Waals surface area contributed by atoms with Crippen LogP contribution in [0.1, 0.15) is 5.76 Å². The van der Waals surface area contributed by atoms with E-state index < -0.39 is 5.97 Å². The Labute approximate surface area is 109 Å². The van der Waals surface area contributed by atoms with Gasteiger partial charge in [0.2, 0.25) is 5.89 Å². The molecule has 0 atom stereocenters. The highest BCUT2D eigenvalue weighted by atomic mass is 16.5. The number of ether oxygens (including phenoxy) is 2. The van der Waals surface area contributed by atoms with E-state index in [0.29, 0.717) is 28.7 Å². The summed E-state index contributed by atoms with van der Waals surface area (Å²) in [6.45, 7) is 0. The maximum Gasteiger partial charge on any atom is 0.311 e. The molecule has 1 aromatic heterocycles. The summed E-state index contributed by atoms with van der Waals surface area (Å²) in [7, 11) is 3.08. The number of nitrogens with zero attached hydrogens (tertiary/aromatic N) is 1. The molecule has 0 fully saturated rings. The molecule has 0 bridgehead atoms. The third-order valence-electron chi connectivity index (χ3n) is 2.51. The van der Waals surface area contributed by atoms with Gasteiger partial charge in [0.25, 0.3) is 0 Å². The lowest BCUT2D eigenvalue weighted by molar-refractivity contribution is -0.136. The molecule has 0 radical (unpaired) electrons. The lowest BCUT2D eigenvalue weighted by Gasteiger charge is -2.07. The van der Waals surface area contributed by atoms with Crippen LogP contribution >= 0.6 is 0 Å². The minimum Gasteiger partial charge on any atom is -0.493 e. The zero-order valence-corrected chi connectivity index (χ0v) is 10.5. The number of carbonyl (C=O) groups is 1. The molecule has 0 aliphatic rings. The number of methoxy groups -OCH3 is 2. The van der Waals surface area contributed by atoms with Gasteiger partial charge in [0.15, 0.2) is 11.5 Å². The number of benzene rings is 1. The molecular weight excluding hydrogens is 250 g/mol. The van der Waals surface area contributed by atoms with Crippen molar-refractivity contribution >= 4 is 5.97 Å². The van der Waals surface area contributed by atoms with Gasteiger partial charge in [-0.1, -0.05) is 0 Å². The lowest BCUT2D eigenvalue weighted by Crippen LogP contribution is -1.97. The second-order valence-electron chi connectivity index (χ2n) is 3.77. The molecule has 1 heterocycles. The molecule has 19 heavy (non-hydrogen) atoms. The Kier molecular flexibility index (Phi) is 3.70. The molecule has 0 aliphatic heterocycles. The van der Waals surface area contributed by atoms with Crippen molar-refractivity contribution in [1.82, 2.24) is 4.98 Å². The van der Waals surface area contributed by atoms with E-state index in [2.05, 4.69) is 4.98 Å². The predicted octanol–water partition coefficient (Wildman–Crippen LogP) is 1.99. The van der Waals surface area contributed by atoms with Gasteiger partial charge in [0.05, 0.1) is 20.4 Å². The van der Waals surface area contributed by atoms with Crippen molar-refractivity contribution in [2.45, 2.75) is 6.42 Å². The summed E-state index contributed by atoms with van der Waals surface area (Å²) in [5.74, 6) is 0.839. The van der Waals surface area contributed by atoms with Crippen LogP contribution in [-0.4, -0.2) is 30.3 Å². The molecule has 100 valence electrons. The van der Waals surface area contributed by atoms with E-state index in [0.717, 1.165) is 0 Å². The first-order valence-electron chi connectivity index (χ1n) is 5.53. The van der Waals surface area contributed by atoms with E-state index >= 15 is 0 Å². The van der Waals surface area contributed by atoms with Crippen LogP contribution in [0.25, 0.3) is 11.5 Å². The van der Waals surface area contributed by atoms with Crippen LogP contribution in [0, 0.1) is 0 Å². The summed E-state index contributed by atoms with van der Waals surface area (Å²) < 4.78 is 15.7. The second kappa shape index (κ2) is 5.43. The highest BCUT2D eigenvalue weighted by molar-refractivity contribution is 5.69. The Bertz CT molecular complexity index is 590. The van der Waals surface area contributed by atoms with E-state index in [-0.39, 0.29) is 6.42 Å². The normalized spacial score (nSPS) is 10.2. The van der Waals surface area contributed by atoms with E-state index in [9.17, 15) is 4.79 Å². The first-order valence-corrected chi connectivity index (χ1v) is 5.53. The van der Waals surface area contributed by atoms with Crippen molar-refractivity contribution < 1.29 is 23.8 Å². The number of rotatable bonds is 5. The lowest BCUT2D eigenvalue weighted by atomic mass is 10.2. The van der Waals surface area contributed by atoms with Gasteiger partial charge in [0, 0.05) is 5.56 Å². The first-order chi connectivity index (χ1) is 9.13. The number of oxazole rings is 1. The Balaban J connectivity index is 2.31. The third kappa shape index (κ3) is 2.85. The van der Waals surface area contributed by atoms with Crippen LogP contribution in [-0.2, 0) is 11.2 Å². The highest BCUT2D eigenvalue weighted by Gasteiger charge is 2.12. The van der Waals surface area contributed by atoms with Gasteiger partial charge in [-0.3, -0.25) is 4.79 Å². The molecule has 0 saturated carbocycles. The monoisotopic (exact) mass is 263 g/mol. The van der Waals surface area contributed by atoms with Crippen LogP contribution in [0.2, 0.25) is 0 Å². The van der Waals surface area contributed by atoms with Crippen molar-refractivity contribution in [1.29, 1.82) is 0 Å². The minimum atomic E-state index is -0.963. The van der Waals surface area contributed by atoms with Crippen molar-refractivity contribution in [2.24, 2.45) is 0 Å². The molecular formula is C13H13NO5. The number of hydrogen-bond donors (Lipinski definition) is 1. The molecule has 0 unspecified atom stereocenters. The van der Waals surface area contributed by atoms with Crippen molar-refractivity contribution in [3.05, 3.63) is 30.2 Å². The average molecular weight is 263 g/mol. The van der Waals surface area contributed by atoms with Crippen molar-refractivity contribution in [3.63, 3.8) is 0 Å². The molecule has 1 N–H and O–H groups in total. The van der Waals surface area contributed by atoms with E-state index in [1.165, 1.54) is 13.3 Å². The average Bonchev–Trinajstić information content (AvgIpc) is 2.85. The number of carboxylic acids is 1. The largest absolute Gasteiger partial charge is 0.493 e. The fourth-order valence-corrected chi connectivity index (χ4v) is 1.64. The molecule has 2 aromatic rings. The Hall–Kier alpha value is -2.50. The Morgan fingerprint density at radius 2 is 2.05 bits per heavy atom. The summed E-state index contributed by atoms with van der Waals surface area (Å²) in [6, 6.07) is 5.21. The number of carboxylic acid groups (broad SMARTS) is 1. The first kappa shape index (κ1) is 12.9. The second-order valence-corrected chi connectivity index (χ2v) is 3.77. The van der Waals surface area contributed by atoms with Crippen LogP contribution in [0.4, 0.5) is 0 Å². The summed E-state index contributed by atoms with van der Waals surface area (Å²) in [6.07, 6.45) is 1.21. The number of aliphatic carboxylic acids is 1. The highest BCUT2D eigenvalue weighted by Crippen LogP contribution is 2.31. The number of hydrogen-bond acceptors (Lipinski definition) is 5. The zero-order chi connectivity index (χ0) is 13.8. The predicted molar refractivity (Wildman–Crippen MR) is 66.4 cm³/mol. The van der Waals surface area contributed by atoms with Crippen LogP contribution < -0.4 is 9.47 Å². The SMILES string of the molecule is COc1ccc(-c2ncc(CC(=O)O)o2)cc1OC. The molecule has 2 rings (SSSR count). The number of aromatic nitrogens is 1. The van der Waals surface area contributed by atoms with Gasteiger partial charge in [-0.15, -0.1) is 0 Å². The molecule has 0 spiro atoms. The minimum absolute atomic E-state index is 0.194. The summed E-state index contributed by atoms with van der Waals surface area (Å²) >= 11 is 0. The smallest absolute Gasteiger partial charge is 0.311 e. The fourth-order valence-electron chi connectivity index (χ4n) is 1.64. The maximum absolute atomic E-state index is 10.6. The van der Waals surface area contributed by atoms with Gasteiger partial charge >= 0.3 is 5.97 Å². The zero-order valence-electron chi connectivity index (χ0n) is 10.5. The van der Waals surface area contributed by atoms with Gasteiger partial charge in [0.1, 0.15) is 12.2 Å². The van der Waals surface area contributed by atoms with E-state index in [4.69, 9.17) is 19.0 Å². The summed E-state index contributed by atoms with van der Waals surface area (Å²) in [4.78, 5) is 14.6. The maximum atomic E-state index is 10.6. The fraction of sp³-hybridized carbons (Fsp3) is 0.231.